The van der Waals surface area contributed by atoms with E-state index in [0.29, 0.717) is 6.04 Å². The van der Waals surface area contributed by atoms with Crippen LogP contribution < -0.4 is 5.32 Å². The first kappa shape index (κ1) is 14.3. The van der Waals surface area contributed by atoms with Gasteiger partial charge in [-0.2, -0.15) is 0 Å². The Balaban J connectivity index is 1.71. The summed E-state index contributed by atoms with van der Waals surface area (Å²) in [6, 6.07) is 1.41. The third-order valence-corrected chi connectivity index (χ3v) is 4.61. The number of hydrogen-bond acceptors (Lipinski definition) is 3. The average molecular weight is 254 g/mol. The van der Waals surface area contributed by atoms with Crippen LogP contribution in [0.3, 0.4) is 0 Å². The molecule has 3 atom stereocenters. The predicted octanol–water partition coefficient (Wildman–Crippen LogP) is 2.27. The number of ether oxygens (including phenoxy) is 1. The Hall–Kier alpha value is -0.120. The van der Waals surface area contributed by atoms with Crippen molar-refractivity contribution in [3.63, 3.8) is 0 Å². The van der Waals surface area contributed by atoms with Crippen LogP contribution in [-0.4, -0.2) is 49.8 Å². The lowest BCUT2D eigenvalue weighted by Gasteiger charge is -2.34. The number of morpholine rings is 1. The Labute approximate surface area is 112 Å². The van der Waals surface area contributed by atoms with E-state index in [0.717, 1.165) is 31.7 Å². The highest BCUT2D eigenvalue weighted by Gasteiger charge is 2.27. The second-order valence-corrected chi connectivity index (χ2v) is 6.00. The maximum absolute atomic E-state index is 5.50. The summed E-state index contributed by atoms with van der Waals surface area (Å²) in [7, 11) is 0. The normalized spacial score (nSPS) is 34.0. The second-order valence-electron chi connectivity index (χ2n) is 6.00. The van der Waals surface area contributed by atoms with E-state index >= 15 is 0 Å². The lowest BCUT2D eigenvalue weighted by Crippen LogP contribution is -2.45. The van der Waals surface area contributed by atoms with Crippen molar-refractivity contribution >= 4 is 0 Å². The molecule has 1 saturated heterocycles. The number of hydrogen-bond donors (Lipinski definition) is 1. The third-order valence-electron chi connectivity index (χ3n) is 4.61. The zero-order valence-electron chi connectivity index (χ0n) is 12.2. The molecule has 1 N–H and O–H groups in total. The van der Waals surface area contributed by atoms with Gasteiger partial charge in [0.15, 0.2) is 0 Å². The Kier molecular flexibility index (Phi) is 5.93. The van der Waals surface area contributed by atoms with Crippen molar-refractivity contribution in [2.45, 2.75) is 58.0 Å². The highest BCUT2D eigenvalue weighted by atomic mass is 16.5. The van der Waals surface area contributed by atoms with E-state index < -0.39 is 0 Å². The molecule has 0 amide bonds. The SMILES string of the molecule is CCCNC1CCCC1CCN1CCOCC1C. The van der Waals surface area contributed by atoms with Crippen LogP contribution in [0.2, 0.25) is 0 Å². The monoisotopic (exact) mass is 254 g/mol. The molecule has 0 aromatic heterocycles. The van der Waals surface area contributed by atoms with Gasteiger partial charge in [0.1, 0.15) is 0 Å². The van der Waals surface area contributed by atoms with Crippen molar-refractivity contribution in [1.82, 2.24) is 10.2 Å². The van der Waals surface area contributed by atoms with Crippen molar-refractivity contribution in [3.8, 4) is 0 Å². The van der Waals surface area contributed by atoms with Crippen LogP contribution in [0.15, 0.2) is 0 Å². The summed E-state index contributed by atoms with van der Waals surface area (Å²) in [5.74, 6) is 0.909. The van der Waals surface area contributed by atoms with Gasteiger partial charge in [0.05, 0.1) is 13.2 Å². The van der Waals surface area contributed by atoms with Crippen molar-refractivity contribution in [2.75, 3.05) is 32.8 Å². The minimum absolute atomic E-state index is 0.613. The zero-order chi connectivity index (χ0) is 12.8. The molecule has 3 unspecified atom stereocenters. The Morgan fingerprint density at radius 1 is 1.33 bits per heavy atom. The maximum Gasteiger partial charge on any atom is 0.0619 e. The fourth-order valence-electron chi connectivity index (χ4n) is 3.41. The van der Waals surface area contributed by atoms with Gasteiger partial charge in [-0.3, -0.25) is 4.90 Å². The molecular weight excluding hydrogens is 224 g/mol. The summed E-state index contributed by atoms with van der Waals surface area (Å²) in [5.41, 5.74) is 0. The maximum atomic E-state index is 5.50. The molecular formula is C15H30N2O. The van der Waals surface area contributed by atoms with Gasteiger partial charge in [-0.1, -0.05) is 13.3 Å². The van der Waals surface area contributed by atoms with E-state index in [1.54, 1.807) is 0 Å². The highest BCUT2D eigenvalue weighted by molar-refractivity contribution is 4.84. The van der Waals surface area contributed by atoms with Crippen LogP contribution in [0, 0.1) is 5.92 Å². The molecule has 2 aliphatic rings. The van der Waals surface area contributed by atoms with E-state index in [2.05, 4.69) is 24.1 Å². The molecule has 0 bridgehead atoms. The van der Waals surface area contributed by atoms with E-state index in [9.17, 15) is 0 Å². The van der Waals surface area contributed by atoms with Gasteiger partial charge in [0, 0.05) is 18.6 Å². The Morgan fingerprint density at radius 2 is 2.22 bits per heavy atom. The standard InChI is InChI=1S/C15H30N2O/c1-3-8-16-15-6-4-5-14(15)7-9-17-10-11-18-12-13(17)2/h13-16H,3-12H2,1-2H3. The Morgan fingerprint density at radius 3 is 3.00 bits per heavy atom. The highest BCUT2D eigenvalue weighted by Crippen LogP contribution is 2.29. The molecule has 2 rings (SSSR count). The van der Waals surface area contributed by atoms with Gasteiger partial charge in [-0.25, -0.2) is 0 Å². The molecule has 0 spiro atoms. The minimum atomic E-state index is 0.613. The van der Waals surface area contributed by atoms with Crippen molar-refractivity contribution < 1.29 is 4.74 Å². The first-order valence-corrected chi connectivity index (χ1v) is 7.86. The van der Waals surface area contributed by atoms with E-state index in [4.69, 9.17) is 4.74 Å². The molecule has 1 aliphatic carbocycles. The molecule has 1 saturated carbocycles. The summed E-state index contributed by atoms with van der Waals surface area (Å²) in [5, 5.41) is 3.74. The van der Waals surface area contributed by atoms with E-state index in [1.165, 1.54) is 45.2 Å². The van der Waals surface area contributed by atoms with Crippen molar-refractivity contribution in [1.29, 1.82) is 0 Å². The third kappa shape index (κ3) is 3.94. The molecule has 0 aromatic rings. The topological polar surface area (TPSA) is 24.5 Å². The van der Waals surface area contributed by atoms with Crippen LogP contribution in [0.4, 0.5) is 0 Å². The fourth-order valence-corrected chi connectivity index (χ4v) is 3.41. The Bertz CT molecular complexity index is 235. The number of rotatable bonds is 6. The molecule has 0 aromatic carbocycles. The zero-order valence-corrected chi connectivity index (χ0v) is 12.2. The molecule has 18 heavy (non-hydrogen) atoms. The summed E-state index contributed by atoms with van der Waals surface area (Å²) in [6.07, 6.45) is 6.86. The molecule has 0 radical (unpaired) electrons. The van der Waals surface area contributed by atoms with Crippen LogP contribution in [0.25, 0.3) is 0 Å². The van der Waals surface area contributed by atoms with Gasteiger partial charge >= 0.3 is 0 Å². The molecule has 3 nitrogen and oxygen atoms in total. The largest absolute Gasteiger partial charge is 0.379 e. The van der Waals surface area contributed by atoms with Crippen molar-refractivity contribution in [2.24, 2.45) is 5.92 Å². The first-order chi connectivity index (χ1) is 8.81. The van der Waals surface area contributed by atoms with Gasteiger partial charge in [-0.05, 0) is 51.6 Å². The lowest BCUT2D eigenvalue weighted by atomic mass is 9.98. The van der Waals surface area contributed by atoms with Gasteiger partial charge in [-0.15, -0.1) is 0 Å². The summed E-state index contributed by atoms with van der Waals surface area (Å²) in [6.45, 7) is 9.97. The smallest absolute Gasteiger partial charge is 0.0619 e. The molecule has 3 heteroatoms. The second kappa shape index (κ2) is 7.46. The summed E-state index contributed by atoms with van der Waals surface area (Å²) in [4.78, 5) is 2.61. The fraction of sp³-hybridized carbons (Fsp3) is 1.00. The van der Waals surface area contributed by atoms with Crippen LogP contribution in [0.5, 0.6) is 0 Å². The van der Waals surface area contributed by atoms with Gasteiger partial charge < -0.3 is 10.1 Å². The van der Waals surface area contributed by atoms with E-state index in [-0.39, 0.29) is 0 Å². The van der Waals surface area contributed by atoms with Crippen LogP contribution in [0.1, 0.15) is 46.0 Å². The number of nitrogens with zero attached hydrogens (tertiary/aromatic N) is 1. The van der Waals surface area contributed by atoms with Gasteiger partial charge in [0.2, 0.25) is 0 Å². The minimum Gasteiger partial charge on any atom is -0.379 e. The number of nitrogens with one attached hydrogen (secondary N) is 1. The lowest BCUT2D eigenvalue weighted by molar-refractivity contribution is -0.00284. The molecule has 1 aliphatic heterocycles. The molecule has 2 fully saturated rings. The van der Waals surface area contributed by atoms with Crippen LogP contribution in [-0.2, 0) is 4.74 Å². The summed E-state index contributed by atoms with van der Waals surface area (Å²) < 4.78 is 5.50. The van der Waals surface area contributed by atoms with Crippen LogP contribution >= 0.6 is 0 Å². The predicted molar refractivity (Wildman–Crippen MR) is 75.9 cm³/mol. The first-order valence-electron chi connectivity index (χ1n) is 7.86. The van der Waals surface area contributed by atoms with E-state index in [1.807, 2.05) is 0 Å². The molecule has 106 valence electrons. The average Bonchev–Trinajstić information content (AvgIpc) is 2.83. The molecule has 1 heterocycles. The quantitative estimate of drug-likeness (QED) is 0.787. The van der Waals surface area contributed by atoms with Gasteiger partial charge in [0.25, 0.3) is 0 Å². The van der Waals surface area contributed by atoms with Crippen molar-refractivity contribution in [3.05, 3.63) is 0 Å². The summed E-state index contributed by atoms with van der Waals surface area (Å²) >= 11 is 0.